The van der Waals surface area contributed by atoms with E-state index in [1.54, 1.807) is 11.0 Å². The zero-order chi connectivity index (χ0) is 26.1. The van der Waals surface area contributed by atoms with E-state index < -0.39 is 29.7 Å². The van der Waals surface area contributed by atoms with Gasteiger partial charge >= 0.3 is 0 Å². The Morgan fingerprint density at radius 1 is 0.946 bits per heavy atom. The third-order valence-electron chi connectivity index (χ3n) is 6.65. The molecule has 0 aliphatic carbocycles. The highest BCUT2D eigenvalue weighted by Gasteiger charge is 2.44. The van der Waals surface area contributed by atoms with Gasteiger partial charge in [-0.15, -0.1) is 0 Å². The van der Waals surface area contributed by atoms with Crippen molar-refractivity contribution in [1.82, 2.24) is 20.7 Å². The smallest absolute Gasteiger partial charge is 0.269 e. The van der Waals surface area contributed by atoms with Crippen molar-refractivity contribution in [3.8, 4) is 0 Å². The largest absolute Gasteiger partial charge is 0.361 e. The normalized spacial score (nSPS) is 15.6. The number of halogens is 1. The molecular weight excluding hydrogens is 471 g/mol. The standard InChI is InChI=1S/C29H27FN4O3/c1-17(2)15-25(28(36)33-32-27(35)18-11-13-19(30)14-12-18)34-26(21-8-3-4-9-22(21)29(34)37)23-16-31-24-10-6-5-7-20(23)24/h3-14,16-17,25-26,31H,15H2,1-2H3,(H,32,35)(H,33,36). The number of hydrogen-bond acceptors (Lipinski definition) is 3. The van der Waals surface area contributed by atoms with E-state index in [2.05, 4.69) is 15.8 Å². The van der Waals surface area contributed by atoms with Gasteiger partial charge in [-0.3, -0.25) is 25.2 Å². The summed E-state index contributed by atoms with van der Waals surface area (Å²) in [6.45, 7) is 3.96. The molecule has 5 rings (SSSR count). The van der Waals surface area contributed by atoms with Gasteiger partial charge in [-0.2, -0.15) is 0 Å². The van der Waals surface area contributed by atoms with Crippen molar-refractivity contribution in [2.45, 2.75) is 32.4 Å². The first kappa shape index (κ1) is 24.2. The van der Waals surface area contributed by atoms with Crippen LogP contribution in [0, 0.1) is 11.7 Å². The van der Waals surface area contributed by atoms with Gasteiger partial charge in [-0.25, -0.2) is 4.39 Å². The molecule has 2 atom stereocenters. The number of carbonyl (C=O) groups excluding carboxylic acids is 3. The van der Waals surface area contributed by atoms with Crippen molar-refractivity contribution in [1.29, 1.82) is 0 Å². The Hall–Kier alpha value is -4.46. The molecule has 7 nitrogen and oxygen atoms in total. The van der Waals surface area contributed by atoms with Crippen molar-refractivity contribution in [2.75, 3.05) is 0 Å². The van der Waals surface area contributed by atoms with Gasteiger partial charge in [0, 0.05) is 33.8 Å². The van der Waals surface area contributed by atoms with Gasteiger partial charge in [0.1, 0.15) is 11.9 Å². The highest BCUT2D eigenvalue weighted by atomic mass is 19.1. The van der Waals surface area contributed by atoms with Crippen LogP contribution in [0.15, 0.2) is 79.0 Å². The summed E-state index contributed by atoms with van der Waals surface area (Å²) in [5, 5.41) is 0.968. The SMILES string of the molecule is CC(C)CC(C(=O)NNC(=O)c1ccc(F)cc1)N1C(=O)c2ccccc2C1c1c[nH]c2ccccc12. The van der Waals surface area contributed by atoms with Crippen LogP contribution in [0.2, 0.25) is 0 Å². The molecule has 188 valence electrons. The molecule has 0 bridgehead atoms. The highest BCUT2D eigenvalue weighted by Crippen LogP contribution is 2.43. The van der Waals surface area contributed by atoms with E-state index in [1.165, 1.54) is 24.3 Å². The summed E-state index contributed by atoms with van der Waals surface area (Å²) in [7, 11) is 0. The monoisotopic (exact) mass is 498 g/mol. The van der Waals surface area contributed by atoms with E-state index in [-0.39, 0.29) is 17.4 Å². The molecule has 0 spiro atoms. The van der Waals surface area contributed by atoms with Crippen molar-refractivity contribution >= 4 is 28.6 Å². The van der Waals surface area contributed by atoms with Gasteiger partial charge < -0.3 is 9.88 Å². The fourth-order valence-electron chi connectivity index (χ4n) is 4.96. The van der Waals surface area contributed by atoms with E-state index in [0.717, 1.165) is 22.0 Å². The van der Waals surface area contributed by atoms with Gasteiger partial charge in [-0.05, 0) is 54.3 Å². The summed E-state index contributed by atoms with van der Waals surface area (Å²) in [4.78, 5) is 44.8. The van der Waals surface area contributed by atoms with Crippen molar-refractivity contribution in [3.05, 3.63) is 107 Å². The Balaban J connectivity index is 1.49. The van der Waals surface area contributed by atoms with E-state index in [9.17, 15) is 18.8 Å². The lowest BCUT2D eigenvalue weighted by Gasteiger charge is -2.33. The molecule has 37 heavy (non-hydrogen) atoms. The first-order valence-corrected chi connectivity index (χ1v) is 12.2. The average molecular weight is 499 g/mol. The van der Waals surface area contributed by atoms with Crippen LogP contribution in [-0.2, 0) is 4.79 Å². The van der Waals surface area contributed by atoms with Crippen molar-refractivity contribution < 1.29 is 18.8 Å². The number of hydrazine groups is 1. The molecule has 1 aromatic heterocycles. The number of nitrogens with one attached hydrogen (secondary N) is 3. The van der Waals surface area contributed by atoms with E-state index in [0.29, 0.717) is 12.0 Å². The number of carbonyl (C=O) groups is 3. The quantitative estimate of drug-likeness (QED) is 0.336. The Morgan fingerprint density at radius 2 is 1.65 bits per heavy atom. The molecule has 8 heteroatoms. The lowest BCUT2D eigenvalue weighted by Crippen LogP contribution is -2.53. The van der Waals surface area contributed by atoms with Crippen LogP contribution in [0.5, 0.6) is 0 Å². The lowest BCUT2D eigenvalue weighted by atomic mass is 9.95. The number of aromatic nitrogens is 1. The molecular formula is C29H27FN4O3. The molecule has 3 N–H and O–H groups in total. The third-order valence-corrected chi connectivity index (χ3v) is 6.65. The molecule has 4 aromatic rings. The number of fused-ring (bicyclic) bond motifs is 2. The van der Waals surface area contributed by atoms with Crippen LogP contribution in [0.3, 0.4) is 0 Å². The Bertz CT molecular complexity index is 1480. The summed E-state index contributed by atoms with van der Waals surface area (Å²) < 4.78 is 13.2. The number of amides is 3. The fraction of sp³-hybridized carbons (Fsp3) is 0.207. The fourth-order valence-corrected chi connectivity index (χ4v) is 4.96. The van der Waals surface area contributed by atoms with Crippen LogP contribution < -0.4 is 10.9 Å². The number of benzene rings is 3. The molecule has 1 aliphatic heterocycles. The van der Waals surface area contributed by atoms with Crippen LogP contribution in [0.1, 0.15) is 58.2 Å². The Morgan fingerprint density at radius 3 is 2.41 bits per heavy atom. The molecule has 2 heterocycles. The molecule has 0 saturated carbocycles. The van der Waals surface area contributed by atoms with Crippen LogP contribution in [0.4, 0.5) is 4.39 Å². The maximum Gasteiger partial charge on any atom is 0.269 e. The molecule has 2 unspecified atom stereocenters. The predicted octanol–water partition coefficient (Wildman–Crippen LogP) is 4.73. The van der Waals surface area contributed by atoms with Crippen LogP contribution in [0.25, 0.3) is 10.9 Å². The summed E-state index contributed by atoms with van der Waals surface area (Å²) in [6, 6.07) is 18.9. The third kappa shape index (κ3) is 4.58. The van der Waals surface area contributed by atoms with E-state index in [1.807, 2.05) is 62.5 Å². The van der Waals surface area contributed by atoms with Gasteiger partial charge in [0.15, 0.2) is 0 Å². The Kier molecular flexibility index (Phi) is 6.48. The van der Waals surface area contributed by atoms with Crippen LogP contribution >= 0.6 is 0 Å². The number of rotatable bonds is 6. The molecule has 0 saturated heterocycles. The molecule has 3 amide bonds. The van der Waals surface area contributed by atoms with Crippen molar-refractivity contribution in [2.24, 2.45) is 5.92 Å². The molecule has 0 fully saturated rings. The topological polar surface area (TPSA) is 94.3 Å². The number of nitrogens with zero attached hydrogens (tertiary/aromatic N) is 1. The molecule has 3 aromatic carbocycles. The minimum Gasteiger partial charge on any atom is -0.361 e. The summed E-state index contributed by atoms with van der Waals surface area (Å²) in [5.74, 6) is -1.70. The second-order valence-electron chi connectivity index (χ2n) is 9.59. The van der Waals surface area contributed by atoms with Crippen LogP contribution in [-0.4, -0.2) is 33.6 Å². The molecule has 1 aliphatic rings. The maximum absolute atomic E-state index is 13.8. The minimum atomic E-state index is -0.855. The molecule has 0 radical (unpaired) electrons. The summed E-state index contributed by atoms with van der Waals surface area (Å²) >= 11 is 0. The summed E-state index contributed by atoms with van der Waals surface area (Å²) in [5.41, 5.74) is 8.31. The van der Waals surface area contributed by atoms with Crippen molar-refractivity contribution in [3.63, 3.8) is 0 Å². The minimum absolute atomic E-state index is 0.0867. The number of H-pyrrole nitrogens is 1. The van der Waals surface area contributed by atoms with E-state index in [4.69, 9.17) is 0 Å². The summed E-state index contributed by atoms with van der Waals surface area (Å²) in [6.07, 6.45) is 2.27. The van der Waals surface area contributed by atoms with Gasteiger partial charge in [0.2, 0.25) is 0 Å². The Labute approximate surface area is 213 Å². The predicted molar refractivity (Wildman–Crippen MR) is 138 cm³/mol. The zero-order valence-corrected chi connectivity index (χ0v) is 20.5. The first-order valence-electron chi connectivity index (χ1n) is 12.2. The van der Waals surface area contributed by atoms with Gasteiger partial charge in [0.05, 0.1) is 6.04 Å². The average Bonchev–Trinajstić information content (AvgIpc) is 3.44. The first-order chi connectivity index (χ1) is 17.8. The second-order valence-corrected chi connectivity index (χ2v) is 9.59. The number of hydrogen-bond donors (Lipinski definition) is 3. The maximum atomic E-state index is 13.8. The zero-order valence-electron chi connectivity index (χ0n) is 20.5. The van der Waals surface area contributed by atoms with Gasteiger partial charge in [0.25, 0.3) is 17.7 Å². The lowest BCUT2D eigenvalue weighted by molar-refractivity contribution is -0.127. The second kappa shape index (κ2) is 9.89. The van der Waals surface area contributed by atoms with Gasteiger partial charge in [-0.1, -0.05) is 50.2 Å². The van der Waals surface area contributed by atoms with E-state index >= 15 is 0 Å². The number of aromatic amines is 1. The number of para-hydroxylation sites is 1. The highest BCUT2D eigenvalue weighted by molar-refractivity contribution is 6.03.